The van der Waals surface area contributed by atoms with Crippen LogP contribution in [-0.2, 0) is 10.2 Å². The fraction of sp³-hybridized carbons (Fsp3) is 0.353. The fourth-order valence-electron chi connectivity index (χ4n) is 3.12. The Morgan fingerprint density at radius 2 is 1.91 bits per heavy atom. The average Bonchev–Trinajstić information content (AvgIpc) is 2.62. The van der Waals surface area contributed by atoms with Crippen LogP contribution < -0.4 is 15.4 Å². The van der Waals surface area contributed by atoms with E-state index in [2.05, 4.69) is 14.9 Å². The highest BCUT2D eigenvalue weighted by Gasteiger charge is 2.41. The van der Waals surface area contributed by atoms with Crippen molar-refractivity contribution >= 4 is 11.9 Å². The molecule has 2 heterocycles. The van der Waals surface area contributed by atoms with Crippen LogP contribution in [0.3, 0.4) is 0 Å². The number of nitrogens with zero attached hydrogens (tertiary/aromatic N) is 3. The van der Waals surface area contributed by atoms with E-state index in [-0.39, 0.29) is 5.91 Å². The first-order valence-electron chi connectivity index (χ1n) is 7.63. The molecule has 6 nitrogen and oxygen atoms in total. The molecule has 1 aromatic heterocycles. The van der Waals surface area contributed by atoms with E-state index in [0.717, 1.165) is 5.56 Å². The maximum atomic E-state index is 12.2. The summed E-state index contributed by atoms with van der Waals surface area (Å²) in [7, 11) is 1.58. The zero-order chi connectivity index (χ0) is 16.3. The Bertz CT molecular complexity index is 682. The van der Waals surface area contributed by atoms with E-state index in [1.165, 1.54) is 0 Å². The Morgan fingerprint density at radius 3 is 2.52 bits per heavy atom. The van der Waals surface area contributed by atoms with E-state index in [9.17, 15) is 4.79 Å². The zero-order valence-electron chi connectivity index (χ0n) is 13.1. The number of nitrogens with two attached hydrogens (primary N) is 1. The van der Waals surface area contributed by atoms with E-state index in [1.807, 2.05) is 30.3 Å². The van der Waals surface area contributed by atoms with Gasteiger partial charge in [0.2, 0.25) is 17.7 Å². The van der Waals surface area contributed by atoms with Crippen molar-refractivity contribution in [3.63, 3.8) is 0 Å². The third kappa shape index (κ3) is 2.84. The molecule has 6 heteroatoms. The highest BCUT2D eigenvalue weighted by atomic mass is 16.5. The van der Waals surface area contributed by atoms with Gasteiger partial charge in [0, 0.05) is 25.4 Å². The molecule has 1 fully saturated rings. The van der Waals surface area contributed by atoms with Gasteiger partial charge in [-0.05, 0) is 18.4 Å². The summed E-state index contributed by atoms with van der Waals surface area (Å²) in [6.07, 6.45) is 2.97. The first kappa shape index (κ1) is 15.3. The third-order valence-electron chi connectivity index (χ3n) is 4.52. The topological polar surface area (TPSA) is 81.3 Å². The molecule has 0 bridgehead atoms. The van der Waals surface area contributed by atoms with E-state index in [0.29, 0.717) is 37.8 Å². The largest absolute Gasteiger partial charge is 0.481 e. The van der Waals surface area contributed by atoms with Gasteiger partial charge in [-0.25, -0.2) is 4.98 Å². The fourth-order valence-corrected chi connectivity index (χ4v) is 3.12. The molecular formula is C17H20N4O2. The Labute approximate surface area is 135 Å². The van der Waals surface area contributed by atoms with Crippen LogP contribution in [-0.4, -0.2) is 36.1 Å². The van der Waals surface area contributed by atoms with Crippen LogP contribution in [0.2, 0.25) is 0 Å². The number of carbonyl (C=O) groups is 1. The summed E-state index contributed by atoms with van der Waals surface area (Å²) >= 11 is 0. The number of amides is 1. The molecule has 1 aliphatic rings. The van der Waals surface area contributed by atoms with Crippen LogP contribution in [0.4, 0.5) is 5.95 Å². The van der Waals surface area contributed by atoms with Crippen LogP contribution >= 0.6 is 0 Å². The van der Waals surface area contributed by atoms with Gasteiger partial charge >= 0.3 is 0 Å². The van der Waals surface area contributed by atoms with Gasteiger partial charge in [-0.2, -0.15) is 4.98 Å². The molecule has 120 valence electrons. The molecule has 0 spiro atoms. The van der Waals surface area contributed by atoms with Crippen LogP contribution in [0.1, 0.15) is 18.4 Å². The quantitative estimate of drug-likeness (QED) is 0.925. The van der Waals surface area contributed by atoms with Crippen LogP contribution in [0.5, 0.6) is 5.88 Å². The third-order valence-corrected chi connectivity index (χ3v) is 4.52. The molecule has 0 radical (unpaired) electrons. The zero-order valence-corrected chi connectivity index (χ0v) is 13.1. The smallest absolute Gasteiger partial charge is 0.228 e. The number of aromatic nitrogens is 2. The van der Waals surface area contributed by atoms with E-state index < -0.39 is 5.41 Å². The molecule has 1 saturated heterocycles. The summed E-state index contributed by atoms with van der Waals surface area (Å²) in [4.78, 5) is 22.9. The lowest BCUT2D eigenvalue weighted by molar-refractivity contribution is -0.124. The summed E-state index contributed by atoms with van der Waals surface area (Å²) in [5, 5.41) is 0. The van der Waals surface area contributed by atoms with Gasteiger partial charge < -0.3 is 15.4 Å². The Balaban J connectivity index is 1.82. The molecule has 23 heavy (non-hydrogen) atoms. The maximum absolute atomic E-state index is 12.2. The number of hydrogen-bond acceptors (Lipinski definition) is 5. The highest BCUT2D eigenvalue weighted by molar-refractivity contribution is 5.87. The molecule has 1 amide bonds. The summed E-state index contributed by atoms with van der Waals surface area (Å²) in [6.45, 7) is 1.34. The second-order valence-electron chi connectivity index (χ2n) is 5.70. The van der Waals surface area contributed by atoms with Gasteiger partial charge in [-0.15, -0.1) is 0 Å². The number of anilines is 1. The summed E-state index contributed by atoms with van der Waals surface area (Å²) in [5.41, 5.74) is 6.13. The lowest BCUT2D eigenvalue weighted by Gasteiger charge is -2.40. The van der Waals surface area contributed by atoms with Crippen molar-refractivity contribution in [2.24, 2.45) is 5.73 Å². The van der Waals surface area contributed by atoms with Crippen molar-refractivity contribution < 1.29 is 9.53 Å². The standard InChI is InChI=1S/C17H20N4O2/c1-23-14-7-10-19-16(20-14)21-11-8-17(9-12-21,15(18)22)13-5-3-2-4-6-13/h2-7,10H,8-9,11-12H2,1H3,(H2,18,22). The predicted octanol–water partition coefficient (Wildman–Crippen LogP) is 1.51. The monoisotopic (exact) mass is 312 g/mol. The number of benzene rings is 1. The number of hydrogen-bond donors (Lipinski definition) is 1. The lowest BCUT2D eigenvalue weighted by atomic mass is 9.72. The molecule has 1 aromatic carbocycles. The van der Waals surface area contributed by atoms with Crippen LogP contribution in [0.25, 0.3) is 0 Å². The van der Waals surface area contributed by atoms with E-state index >= 15 is 0 Å². The van der Waals surface area contributed by atoms with E-state index in [1.54, 1.807) is 19.4 Å². The van der Waals surface area contributed by atoms with Crippen LogP contribution in [0, 0.1) is 0 Å². The molecule has 0 aliphatic carbocycles. The van der Waals surface area contributed by atoms with Gasteiger partial charge in [0.1, 0.15) is 0 Å². The first-order chi connectivity index (χ1) is 11.2. The van der Waals surface area contributed by atoms with Gasteiger partial charge in [-0.1, -0.05) is 30.3 Å². The van der Waals surface area contributed by atoms with Crippen molar-refractivity contribution in [1.82, 2.24) is 9.97 Å². The summed E-state index contributed by atoms with van der Waals surface area (Å²) < 4.78 is 5.14. The number of methoxy groups -OCH3 is 1. The molecule has 2 N–H and O–H groups in total. The molecule has 2 aromatic rings. The second-order valence-corrected chi connectivity index (χ2v) is 5.70. The minimum atomic E-state index is -0.614. The highest BCUT2D eigenvalue weighted by Crippen LogP contribution is 2.36. The maximum Gasteiger partial charge on any atom is 0.228 e. The van der Waals surface area contributed by atoms with Crippen molar-refractivity contribution in [3.8, 4) is 5.88 Å². The first-order valence-corrected chi connectivity index (χ1v) is 7.63. The number of rotatable bonds is 4. The number of carbonyl (C=O) groups excluding carboxylic acids is 1. The molecular weight excluding hydrogens is 292 g/mol. The minimum absolute atomic E-state index is 0.269. The molecule has 3 rings (SSSR count). The number of primary amides is 1. The van der Waals surface area contributed by atoms with Crippen molar-refractivity contribution in [2.45, 2.75) is 18.3 Å². The second kappa shape index (κ2) is 6.24. The van der Waals surface area contributed by atoms with Gasteiger partial charge in [0.25, 0.3) is 0 Å². The van der Waals surface area contributed by atoms with Gasteiger partial charge in [-0.3, -0.25) is 4.79 Å². The minimum Gasteiger partial charge on any atom is -0.481 e. The van der Waals surface area contributed by atoms with Crippen molar-refractivity contribution in [1.29, 1.82) is 0 Å². The lowest BCUT2D eigenvalue weighted by Crippen LogP contribution is -2.50. The number of ether oxygens (including phenoxy) is 1. The van der Waals surface area contributed by atoms with Crippen molar-refractivity contribution in [3.05, 3.63) is 48.2 Å². The Kier molecular flexibility index (Phi) is 4.14. The van der Waals surface area contributed by atoms with E-state index in [4.69, 9.17) is 10.5 Å². The average molecular weight is 312 g/mol. The normalized spacial score (nSPS) is 16.8. The van der Waals surface area contributed by atoms with Gasteiger partial charge in [0.15, 0.2) is 0 Å². The SMILES string of the molecule is COc1ccnc(N2CCC(C(N)=O)(c3ccccc3)CC2)n1. The summed E-state index contributed by atoms with van der Waals surface area (Å²) in [5.74, 6) is 0.884. The summed E-state index contributed by atoms with van der Waals surface area (Å²) in [6, 6.07) is 11.5. The molecule has 0 atom stereocenters. The van der Waals surface area contributed by atoms with Crippen LogP contribution in [0.15, 0.2) is 42.6 Å². The Hall–Kier alpha value is -2.63. The Morgan fingerprint density at radius 1 is 1.22 bits per heavy atom. The molecule has 0 saturated carbocycles. The number of piperidine rings is 1. The molecule has 0 unspecified atom stereocenters. The van der Waals surface area contributed by atoms with Crippen molar-refractivity contribution in [2.75, 3.05) is 25.1 Å². The molecule has 1 aliphatic heterocycles. The predicted molar refractivity (Wildman–Crippen MR) is 87.3 cm³/mol. The van der Waals surface area contributed by atoms with Gasteiger partial charge in [0.05, 0.1) is 12.5 Å².